The molecular formula is C25H23N5O2. The van der Waals surface area contributed by atoms with Crippen LogP contribution in [0.3, 0.4) is 0 Å². The molecule has 1 N–H and O–H groups in total. The van der Waals surface area contributed by atoms with E-state index in [0.717, 1.165) is 33.6 Å². The molecule has 0 aliphatic heterocycles. The second kappa shape index (κ2) is 8.00. The van der Waals surface area contributed by atoms with Crippen molar-refractivity contribution in [3.8, 4) is 5.75 Å². The fourth-order valence-electron chi connectivity index (χ4n) is 4.44. The lowest BCUT2D eigenvalue weighted by Gasteiger charge is -2.25. The summed E-state index contributed by atoms with van der Waals surface area (Å²) in [4.78, 5) is 31.3. The lowest BCUT2D eigenvalue weighted by atomic mass is 9.81. The minimum absolute atomic E-state index is 0.00691. The van der Waals surface area contributed by atoms with Gasteiger partial charge >= 0.3 is 0 Å². The number of fused-ring (bicyclic) bond motifs is 2. The Morgan fingerprint density at radius 3 is 2.44 bits per heavy atom. The summed E-state index contributed by atoms with van der Waals surface area (Å²) in [5, 5.41) is 4.14. The van der Waals surface area contributed by atoms with Crippen LogP contribution >= 0.6 is 0 Å². The molecule has 32 heavy (non-hydrogen) atoms. The quantitative estimate of drug-likeness (QED) is 0.507. The summed E-state index contributed by atoms with van der Waals surface area (Å²) in [5.74, 6) is 1.68. The van der Waals surface area contributed by atoms with Gasteiger partial charge in [0.05, 0.1) is 35.3 Å². The first-order valence-corrected chi connectivity index (χ1v) is 10.6. The number of para-hydroxylation sites is 2. The van der Waals surface area contributed by atoms with Crippen LogP contribution in [-0.4, -0.2) is 32.8 Å². The number of carbonyl (C=O) groups excluding carboxylic acids is 1. The number of hydrogen-bond donors (Lipinski definition) is 1. The molecule has 0 fully saturated rings. The van der Waals surface area contributed by atoms with Crippen LogP contribution in [-0.2, 0) is 6.42 Å². The van der Waals surface area contributed by atoms with E-state index >= 15 is 0 Å². The normalized spacial score (nSPS) is 15.5. The minimum atomic E-state index is 0.00691. The van der Waals surface area contributed by atoms with E-state index in [4.69, 9.17) is 9.72 Å². The molecule has 7 heteroatoms. The summed E-state index contributed by atoms with van der Waals surface area (Å²) in [7, 11) is 1.65. The number of nitrogens with one attached hydrogen (secondary N) is 1. The maximum atomic E-state index is 13.0. The molecule has 2 aromatic carbocycles. The highest BCUT2D eigenvalue weighted by molar-refractivity contribution is 6.00. The van der Waals surface area contributed by atoms with Crippen LogP contribution in [0.1, 0.15) is 45.3 Å². The Kier molecular flexibility index (Phi) is 5.01. The minimum Gasteiger partial charge on any atom is -0.496 e. The number of hydrogen-bond acceptors (Lipinski definition) is 7. The second-order valence-corrected chi connectivity index (χ2v) is 8.00. The van der Waals surface area contributed by atoms with Crippen LogP contribution in [0.15, 0.2) is 48.5 Å². The molecule has 1 aliphatic rings. The third-order valence-electron chi connectivity index (χ3n) is 5.91. The van der Waals surface area contributed by atoms with E-state index in [-0.39, 0.29) is 11.7 Å². The average Bonchev–Trinajstić information content (AvgIpc) is 2.78. The maximum absolute atomic E-state index is 13.0. The van der Waals surface area contributed by atoms with Gasteiger partial charge in [0.25, 0.3) is 0 Å². The highest BCUT2D eigenvalue weighted by atomic mass is 16.5. The zero-order valence-electron chi connectivity index (χ0n) is 18.2. The number of ether oxygens (including phenoxy) is 1. The number of anilines is 2. The topological polar surface area (TPSA) is 89.9 Å². The van der Waals surface area contributed by atoms with E-state index in [2.05, 4.69) is 20.3 Å². The molecule has 2 heterocycles. The molecule has 160 valence electrons. The van der Waals surface area contributed by atoms with Gasteiger partial charge in [-0.05, 0) is 38.0 Å². The Labute approximate surface area is 185 Å². The predicted octanol–water partition coefficient (Wildman–Crippen LogP) is 4.70. The molecule has 1 atom stereocenters. The van der Waals surface area contributed by atoms with Crippen LogP contribution in [0.4, 0.5) is 11.9 Å². The highest BCUT2D eigenvalue weighted by Crippen LogP contribution is 2.37. The highest BCUT2D eigenvalue weighted by Gasteiger charge is 2.31. The standard InChI is InChI=1S/C25H23N5O2/c1-14-17-8-4-6-10-19(17)28-24(26-14)30-25-27-15(2)23-20(29-25)12-16(13-21(23)31)18-9-5-7-11-22(18)32-3/h4-11,16H,12-13H2,1-3H3,(H,26,27,28,29,30)/t16-/m0/s1. The van der Waals surface area contributed by atoms with Gasteiger partial charge in [-0.2, -0.15) is 0 Å². The lowest BCUT2D eigenvalue weighted by Crippen LogP contribution is -2.23. The van der Waals surface area contributed by atoms with Gasteiger partial charge < -0.3 is 4.74 Å². The number of aryl methyl sites for hydroxylation is 2. The van der Waals surface area contributed by atoms with E-state index < -0.39 is 0 Å². The molecule has 2 aromatic heterocycles. The van der Waals surface area contributed by atoms with Gasteiger partial charge in [-0.1, -0.05) is 36.4 Å². The molecule has 0 bridgehead atoms. The van der Waals surface area contributed by atoms with Crippen molar-refractivity contribution in [3.63, 3.8) is 0 Å². The number of ketones is 1. The number of Topliss-reactive ketones (excluding diaryl/α,β-unsaturated/α-hetero) is 1. The molecule has 0 amide bonds. The van der Waals surface area contributed by atoms with E-state index in [1.807, 2.05) is 62.4 Å². The fourth-order valence-corrected chi connectivity index (χ4v) is 4.44. The molecule has 0 spiro atoms. The van der Waals surface area contributed by atoms with Crippen molar-refractivity contribution in [3.05, 3.63) is 76.7 Å². The SMILES string of the molecule is COc1ccccc1[C@@H]1CC(=O)c2c(C)nc(Nc3nc(C)c4ccccc4n3)nc2C1. The Bertz CT molecular complexity index is 1350. The number of methoxy groups -OCH3 is 1. The summed E-state index contributed by atoms with van der Waals surface area (Å²) in [6.07, 6.45) is 1.05. The molecule has 4 aromatic rings. The van der Waals surface area contributed by atoms with E-state index in [0.29, 0.717) is 36.0 Å². The molecule has 5 rings (SSSR count). The largest absolute Gasteiger partial charge is 0.496 e. The smallest absolute Gasteiger partial charge is 0.230 e. The maximum Gasteiger partial charge on any atom is 0.230 e. The van der Waals surface area contributed by atoms with E-state index in [1.54, 1.807) is 7.11 Å². The van der Waals surface area contributed by atoms with Crippen LogP contribution in [0, 0.1) is 13.8 Å². The van der Waals surface area contributed by atoms with Crippen molar-refractivity contribution >= 4 is 28.6 Å². The van der Waals surface area contributed by atoms with Gasteiger partial charge in [0.15, 0.2) is 5.78 Å². The number of carbonyl (C=O) groups is 1. The first-order chi connectivity index (χ1) is 15.5. The summed E-state index contributed by atoms with van der Waals surface area (Å²) >= 11 is 0. The zero-order valence-corrected chi connectivity index (χ0v) is 18.2. The number of nitrogens with zero attached hydrogens (tertiary/aromatic N) is 4. The van der Waals surface area contributed by atoms with Gasteiger partial charge in [0.1, 0.15) is 5.75 Å². The van der Waals surface area contributed by atoms with Gasteiger partial charge in [-0.15, -0.1) is 0 Å². The summed E-state index contributed by atoms with van der Waals surface area (Å²) in [6.45, 7) is 3.80. The third kappa shape index (κ3) is 3.56. The van der Waals surface area contributed by atoms with Crippen molar-refractivity contribution in [2.24, 2.45) is 0 Å². The van der Waals surface area contributed by atoms with Gasteiger partial charge in [0, 0.05) is 17.7 Å². The monoisotopic (exact) mass is 425 g/mol. The summed E-state index contributed by atoms with van der Waals surface area (Å²) in [6, 6.07) is 15.7. The van der Waals surface area contributed by atoms with Crippen LogP contribution in [0.2, 0.25) is 0 Å². The summed E-state index contributed by atoms with van der Waals surface area (Å²) in [5.41, 5.74) is 4.77. The average molecular weight is 425 g/mol. The Balaban J connectivity index is 1.50. The van der Waals surface area contributed by atoms with Gasteiger partial charge in [-0.25, -0.2) is 19.9 Å². The van der Waals surface area contributed by atoms with Crippen molar-refractivity contribution in [2.75, 3.05) is 12.4 Å². The lowest BCUT2D eigenvalue weighted by molar-refractivity contribution is 0.0961. The Hall–Kier alpha value is -3.87. The van der Waals surface area contributed by atoms with Crippen molar-refractivity contribution in [1.29, 1.82) is 0 Å². The van der Waals surface area contributed by atoms with Crippen LogP contribution in [0.5, 0.6) is 5.75 Å². The predicted molar refractivity (Wildman–Crippen MR) is 123 cm³/mol. The molecule has 0 saturated heterocycles. The number of rotatable bonds is 4. The van der Waals surface area contributed by atoms with E-state index in [1.165, 1.54) is 0 Å². The van der Waals surface area contributed by atoms with Crippen molar-refractivity contribution in [2.45, 2.75) is 32.6 Å². The molecule has 0 saturated carbocycles. The molecule has 0 unspecified atom stereocenters. The van der Waals surface area contributed by atoms with Gasteiger partial charge in [0.2, 0.25) is 11.9 Å². The fraction of sp³-hybridized carbons (Fsp3) is 0.240. The van der Waals surface area contributed by atoms with Crippen molar-refractivity contribution < 1.29 is 9.53 Å². The number of aromatic nitrogens is 4. The molecule has 7 nitrogen and oxygen atoms in total. The molecule has 0 radical (unpaired) electrons. The molecular weight excluding hydrogens is 402 g/mol. The summed E-state index contributed by atoms with van der Waals surface area (Å²) < 4.78 is 5.52. The first kappa shape index (κ1) is 20.1. The zero-order chi connectivity index (χ0) is 22.2. The van der Waals surface area contributed by atoms with Crippen LogP contribution in [0.25, 0.3) is 10.9 Å². The Morgan fingerprint density at radius 2 is 1.59 bits per heavy atom. The number of benzene rings is 2. The van der Waals surface area contributed by atoms with Gasteiger partial charge in [-0.3, -0.25) is 10.1 Å². The van der Waals surface area contributed by atoms with Crippen LogP contribution < -0.4 is 10.1 Å². The second-order valence-electron chi connectivity index (χ2n) is 8.00. The van der Waals surface area contributed by atoms with Crippen molar-refractivity contribution in [1.82, 2.24) is 19.9 Å². The first-order valence-electron chi connectivity index (χ1n) is 10.6. The Morgan fingerprint density at radius 1 is 0.875 bits per heavy atom. The van der Waals surface area contributed by atoms with E-state index in [9.17, 15) is 4.79 Å². The molecule has 1 aliphatic carbocycles. The third-order valence-corrected chi connectivity index (χ3v) is 5.91.